The summed E-state index contributed by atoms with van der Waals surface area (Å²) in [7, 11) is 0. The maximum atomic E-state index is 9.77. The molecule has 0 amide bonds. The van der Waals surface area contributed by atoms with Crippen molar-refractivity contribution in [3.8, 4) is 28.6 Å². The average Bonchev–Trinajstić information content (AvgIpc) is 3.99. The molecule has 0 saturated heterocycles. The molecule has 6 heteroatoms. The topological polar surface area (TPSA) is 64.3 Å². The summed E-state index contributed by atoms with van der Waals surface area (Å²) in [5.74, 6) is 0. The summed E-state index contributed by atoms with van der Waals surface area (Å²) in [6, 6.07) is 56.4. The van der Waals surface area contributed by atoms with E-state index in [2.05, 4.69) is 123 Å². The minimum atomic E-state index is 0.562. The van der Waals surface area contributed by atoms with Crippen LogP contribution >= 0.6 is 0 Å². The number of furan rings is 2. The molecular weight excluding hydrogens is 689 g/mol. The molecule has 258 valence electrons. The zero-order valence-corrected chi connectivity index (χ0v) is 29.6. The Bertz CT molecular complexity index is 3620. The van der Waals surface area contributed by atoms with E-state index in [-0.39, 0.29) is 0 Å². The van der Waals surface area contributed by atoms with Gasteiger partial charge < -0.3 is 18.0 Å². The quantitative estimate of drug-likeness (QED) is 0.171. The SMILES string of the molecule is [C-]#[N+]c1ccc2c3ccc(C#N)cc3n(-c3ccc4oc5ccc(-c6ccc7oc8ccc(-n9c%10ccccc%10c%10ccccc%109)cc8c7c6)cc5c4c3)c2c1. The molecule has 6 nitrogen and oxygen atoms in total. The van der Waals surface area contributed by atoms with Crippen molar-refractivity contribution in [3.63, 3.8) is 0 Å². The maximum Gasteiger partial charge on any atom is 0.189 e. The Kier molecular flexibility index (Phi) is 6.10. The average molecular weight is 715 g/mol. The van der Waals surface area contributed by atoms with Crippen LogP contribution in [0.15, 0.2) is 167 Å². The van der Waals surface area contributed by atoms with E-state index in [0.29, 0.717) is 11.3 Å². The Balaban J connectivity index is 1.02. The number of fused-ring (bicyclic) bond motifs is 12. The van der Waals surface area contributed by atoms with Gasteiger partial charge in [-0.25, -0.2) is 4.85 Å². The van der Waals surface area contributed by atoms with E-state index < -0.39 is 0 Å². The van der Waals surface area contributed by atoms with Crippen LogP contribution < -0.4 is 0 Å². The fourth-order valence-corrected chi connectivity index (χ4v) is 8.79. The fourth-order valence-electron chi connectivity index (χ4n) is 8.79. The molecule has 0 aliphatic carbocycles. The highest BCUT2D eigenvalue weighted by atomic mass is 16.3. The second-order valence-corrected chi connectivity index (χ2v) is 14.3. The number of para-hydroxylation sites is 2. The maximum absolute atomic E-state index is 9.77. The van der Waals surface area contributed by atoms with Crippen molar-refractivity contribution in [2.45, 2.75) is 0 Å². The lowest BCUT2D eigenvalue weighted by Crippen LogP contribution is -1.93. The van der Waals surface area contributed by atoms with Crippen LogP contribution in [-0.4, -0.2) is 9.13 Å². The molecule has 0 spiro atoms. The molecule has 0 aliphatic heterocycles. The molecule has 0 bridgehead atoms. The lowest BCUT2D eigenvalue weighted by molar-refractivity contribution is 0.668. The molecule has 0 radical (unpaired) electrons. The van der Waals surface area contributed by atoms with Crippen molar-refractivity contribution >= 4 is 93.2 Å². The molecule has 0 saturated carbocycles. The third kappa shape index (κ3) is 4.24. The van der Waals surface area contributed by atoms with E-state index in [9.17, 15) is 5.26 Å². The van der Waals surface area contributed by atoms with Gasteiger partial charge in [-0.2, -0.15) is 5.26 Å². The van der Waals surface area contributed by atoms with Gasteiger partial charge in [-0.1, -0.05) is 66.7 Å². The van der Waals surface area contributed by atoms with Crippen LogP contribution in [0, 0.1) is 17.9 Å². The molecule has 4 aromatic heterocycles. The van der Waals surface area contributed by atoms with Gasteiger partial charge in [0.1, 0.15) is 22.3 Å². The molecular formula is C50H26N4O2. The Labute approximate surface area is 318 Å². The van der Waals surface area contributed by atoms with Gasteiger partial charge in [0.05, 0.1) is 34.8 Å². The van der Waals surface area contributed by atoms with Crippen LogP contribution in [0.2, 0.25) is 0 Å². The van der Waals surface area contributed by atoms with Gasteiger partial charge in [-0.15, -0.1) is 0 Å². The summed E-state index contributed by atoms with van der Waals surface area (Å²) >= 11 is 0. The summed E-state index contributed by atoms with van der Waals surface area (Å²) in [5, 5.41) is 18.4. The molecule has 12 aromatic rings. The Morgan fingerprint density at radius 3 is 1.45 bits per heavy atom. The van der Waals surface area contributed by atoms with E-state index in [0.717, 1.165) is 88.2 Å². The predicted octanol–water partition coefficient (Wildman–Crippen LogP) is 13.8. The van der Waals surface area contributed by atoms with Crippen molar-refractivity contribution in [3.05, 3.63) is 175 Å². The first-order valence-corrected chi connectivity index (χ1v) is 18.4. The number of nitriles is 1. The van der Waals surface area contributed by atoms with E-state index in [1.54, 1.807) is 0 Å². The van der Waals surface area contributed by atoms with E-state index in [1.165, 1.54) is 21.8 Å². The summed E-state index contributed by atoms with van der Waals surface area (Å²) in [6.45, 7) is 7.68. The molecule has 0 N–H and O–H groups in total. The van der Waals surface area contributed by atoms with Crippen LogP contribution in [0.4, 0.5) is 5.69 Å². The second kappa shape index (κ2) is 11.2. The minimum Gasteiger partial charge on any atom is -0.456 e. The smallest absolute Gasteiger partial charge is 0.189 e. The van der Waals surface area contributed by atoms with Gasteiger partial charge in [0, 0.05) is 60.0 Å². The van der Waals surface area contributed by atoms with Crippen LogP contribution in [0.25, 0.3) is 115 Å². The molecule has 0 aliphatic rings. The molecule has 12 rings (SSSR count). The number of nitrogens with zero attached hydrogens (tertiary/aromatic N) is 4. The lowest BCUT2D eigenvalue weighted by Gasteiger charge is -2.09. The van der Waals surface area contributed by atoms with E-state index >= 15 is 0 Å². The van der Waals surface area contributed by atoms with Gasteiger partial charge in [0.2, 0.25) is 0 Å². The monoisotopic (exact) mass is 714 g/mol. The fraction of sp³-hybridized carbons (Fsp3) is 0. The number of aromatic nitrogens is 2. The van der Waals surface area contributed by atoms with E-state index in [4.69, 9.17) is 15.4 Å². The Hall–Kier alpha value is -8.06. The zero-order chi connectivity index (χ0) is 37.1. The predicted molar refractivity (Wildman–Crippen MR) is 226 cm³/mol. The van der Waals surface area contributed by atoms with Crippen molar-refractivity contribution in [1.82, 2.24) is 9.13 Å². The Morgan fingerprint density at radius 2 is 0.893 bits per heavy atom. The molecule has 8 aromatic carbocycles. The number of hydrogen-bond donors (Lipinski definition) is 0. The van der Waals surface area contributed by atoms with Gasteiger partial charge in [0.25, 0.3) is 0 Å². The van der Waals surface area contributed by atoms with Crippen molar-refractivity contribution in [1.29, 1.82) is 5.26 Å². The second-order valence-electron chi connectivity index (χ2n) is 14.3. The van der Waals surface area contributed by atoms with Crippen LogP contribution in [0.3, 0.4) is 0 Å². The molecule has 4 heterocycles. The minimum absolute atomic E-state index is 0.562. The van der Waals surface area contributed by atoms with Crippen molar-refractivity contribution in [2.75, 3.05) is 0 Å². The zero-order valence-electron chi connectivity index (χ0n) is 29.6. The van der Waals surface area contributed by atoms with Crippen LogP contribution in [0.5, 0.6) is 0 Å². The highest BCUT2D eigenvalue weighted by Gasteiger charge is 2.18. The number of rotatable bonds is 3. The van der Waals surface area contributed by atoms with Gasteiger partial charge in [-0.3, -0.25) is 0 Å². The normalized spacial score (nSPS) is 11.9. The lowest BCUT2D eigenvalue weighted by atomic mass is 10.0. The molecule has 0 fully saturated rings. The molecule has 0 unspecified atom stereocenters. The van der Waals surface area contributed by atoms with Crippen LogP contribution in [0.1, 0.15) is 5.56 Å². The highest BCUT2D eigenvalue weighted by molar-refractivity contribution is 6.13. The Morgan fingerprint density at radius 1 is 0.429 bits per heavy atom. The largest absolute Gasteiger partial charge is 0.456 e. The highest BCUT2D eigenvalue weighted by Crippen LogP contribution is 2.40. The van der Waals surface area contributed by atoms with E-state index in [1.807, 2.05) is 54.6 Å². The summed E-state index contributed by atoms with van der Waals surface area (Å²) in [4.78, 5) is 3.71. The first-order valence-electron chi connectivity index (χ1n) is 18.4. The third-order valence-corrected chi connectivity index (χ3v) is 11.3. The third-order valence-electron chi connectivity index (χ3n) is 11.3. The number of hydrogen-bond acceptors (Lipinski definition) is 3. The summed E-state index contributed by atoms with van der Waals surface area (Å²) in [5.41, 5.74) is 12.7. The summed E-state index contributed by atoms with van der Waals surface area (Å²) in [6.07, 6.45) is 0. The standard InChI is InChI=1S/C50H26N4O2/c1-52-32-13-17-38-37-16-10-29(28-51)22-45(37)54(46(38)25-32)34-15-21-50-42(27-34)40-24-31(12-19-48(40)56-50)30-11-18-47-39(23-30)41-26-33(14-20-49(41)55-47)53-43-8-4-2-6-35(43)36-7-3-5-9-44(36)53/h2-27H. The van der Waals surface area contributed by atoms with Gasteiger partial charge in [0.15, 0.2) is 5.69 Å². The summed E-state index contributed by atoms with van der Waals surface area (Å²) < 4.78 is 17.2. The first kappa shape index (κ1) is 30.4. The first-order chi connectivity index (χ1) is 27.6. The molecule has 0 atom stereocenters. The van der Waals surface area contributed by atoms with Crippen molar-refractivity contribution < 1.29 is 8.83 Å². The van der Waals surface area contributed by atoms with Gasteiger partial charge in [-0.05, 0) is 102 Å². The van der Waals surface area contributed by atoms with Gasteiger partial charge >= 0.3 is 0 Å². The van der Waals surface area contributed by atoms with Crippen LogP contribution in [-0.2, 0) is 0 Å². The van der Waals surface area contributed by atoms with Crippen molar-refractivity contribution in [2.24, 2.45) is 0 Å². The number of benzene rings is 8. The molecule has 56 heavy (non-hydrogen) atoms.